The van der Waals surface area contributed by atoms with Crippen molar-refractivity contribution in [1.29, 1.82) is 0 Å². The number of carboxylic acids is 1. The quantitative estimate of drug-likeness (QED) is 0.635. The third-order valence-electron chi connectivity index (χ3n) is 3.02. The minimum atomic E-state index is -1.09. The number of halogens is 2. The van der Waals surface area contributed by atoms with Gasteiger partial charge in [0.15, 0.2) is 0 Å². The summed E-state index contributed by atoms with van der Waals surface area (Å²) >= 11 is 3.15. The van der Waals surface area contributed by atoms with Crippen LogP contribution >= 0.6 is 15.9 Å². The van der Waals surface area contributed by atoms with E-state index in [9.17, 15) is 18.8 Å². The van der Waals surface area contributed by atoms with Gasteiger partial charge in [-0.05, 0) is 40.5 Å². The highest BCUT2D eigenvalue weighted by atomic mass is 79.9. The van der Waals surface area contributed by atoms with Gasteiger partial charge >= 0.3 is 5.97 Å². The molecule has 0 spiro atoms. The van der Waals surface area contributed by atoms with Crippen LogP contribution in [0.1, 0.15) is 36.5 Å². The first-order valence-electron chi connectivity index (χ1n) is 7.10. The highest BCUT2D eigenvalue weighted by molar-refractivity contribution is 9.10. The molecule has 1 aromatic carbocycles. The van der Waals surface area contributed by atoms with Gasteiger partial charge in [0.2, 0.25) is 5.91 Å². The number of rotatable bonds is 8. The topological polar surface area (TPSA) is 95.5 Å². The second kappa shape index (κ2) is 9.24. The monoisotopic (exact) mass is 388 g/mol. The van der Waals surface area contributed by atoms with E-state index in [-0.39, 0.29) is 18.5 Å². The zero-order chi connectivity index (χ0) is 17.4. The van der Waals surface area contributed by atoms with Gasteiger partial charge in [-0.25, -0.2) is 9.18 Å². The zero-order valence-corrected chi connectivity index (χ0v) is 14.2. The molecule has 8 heteroatoms. The van der Waals surface area contributed by atoms with E-state index in [2.05, 4.69) is 26.6 Å². The van der Waals surface area contributed by atoms with Crippen LogP contribution in [0.15, 0.2) is 22.7 Å². The third-order valence-corrected chi connectivity index (χ3v) is 3.71. The molecule has 0 radical (unpaired) electrons. The summed E-state index contributed by atoms with van der Waals surface area (Å²) in [7, 11) is 0. The normalized spacial score (nSPS) is 11.6. The largest absolute Gasteiger partial charge is 0.480 e. The van der Waals surface area contributed by atoms with Crippen LogP contribution < -0.4 is 10.6 Å². The molecular weight excluding hydrogens is 371 g/mol. The molecule has 0 aromatic heterocycles. The number of amides is 2. The molecule has 1 atom stereocenters. The minimum Gasteiger partial charge on any atom is -0.480 e. The van der Waals surface area contributed by atoms with E-state index in [1.54, 1.807) is 0 Å². The smallest absolute Gasteiger partial charge is 0.326 e. The number of carbonyl (C=O) groups is 3. The van der Waals surface area contributed by atoms with Crippen LogP contribution in [0.2, 0.25) is 0 Å². The van der Waals surface area contributed by atoms with Crippen molar-refractivity contribution in [2.75, 3.05) is 6.54 Å². The first-order chi connectivity index (χ1) is 10.8. The molecule has 1 unspecified atom stereocenters. The Morgan fingerprint density at radius 2 is 2.04 bits per heavy atom. The zero-order valence-electron chi connectivity index (χ0n) is 12.6. The maximum Gasteiger partial charge on any atom is 0.326 e. The van der Waals surface area contributed by atoms with Crippen molar-refractivity contribution in [3.8, 4) is 0 Å². The van der Waals surface area contributed by atoms with E-state index in [4.69, 9.17) is 5.11 Å². The van der Waals surface area contributed by atoms with Crippen LogP contribution in [0.4, 0.5) is 4.39 Å². The van der Waals surface area contributed by atoms with Crippen molar-refractivity contribution in [3.63, 3.8) is 0 Å². The van der Waals surface area contributed by atoms with Crippen LogP contribution in [0, 0.1) is 5.82 Å². The summed E-state index contributed by atoms with van der Waals surface area (Å²) in [6.07, 6.45) is 0.900. The SMILES string of the molecule is CCCC(NC(=O)CCNC(=O)c1cc(F)ccc1Br)C(=O)O. The summed E-state index contributed by atoms with van der Waals surface area (Å²) in [5.41, 5.74) is 0.125. The number of aliphatic carboxylic acids is 1. The molecule has 126 valence electrons. The maximum absolute atomic E-state index is 13.1. The summed E-state index contributed by atoms with van der Waals surface area (Å²) in [6, 6.07) is 2.79. The Labute approximate surface area is 141 Å². The Morgan fingerprint density at radius 1 is 1.35 bits per heavy atom. The molecule has 23 heavy (non-hydrogen) atoms. The molecule has 0 saturated heterocycles. The number of hydrogen-bond donors (Lipinski definition) is 3. The minimum absolute atomic E-state index is 0.0199. The molecular formula is C15H18BrFN2O4. The lowest BCUT2D eigenvalue weighted by molar-refractivity contribution is -0.142. The predicted octanol–water partition coefficient (Wildman–Crippen LogP) is 2.08. The van der Waals surface area contributed by atoms with Gasteiger partial charge in [-0.3, -0.25) is 9.59 Å². The molecule has 6 nitrogen and oxygen atoms in total. The summed E-state index contributed by atoms with van der Waals surface area (Å²) in [6.45, 7) is 1.84. The molecule has 1 aromatic rings. The number of carboxylic acid groups (broad SMARTS) is 1. The fraction of sp³-hybridized carbons (Fsp3) is 0.400. The van der Waals surface area contributed by atoms with Gasteiger partial charge in [0.1, 0.15) is 11.9 Å². The van der Waals surface area contributed by atoms with Gasteiger partial charge in [-0.1, -0.05) is 13.3 Å². The molecule has 2 amide bonds. The van der Waals surface area contributed by atoms with Gasteiger partial charge in [-0.15, -0.1) is 0 Å². The second-order valence-electron chi connectivity index (χ2n) is 4.88. The van der Waals surface area contributed by atoms with Crippen LogP contribution in [0.25, 0.3) is 0 Å². The highest BCUT2D eigenvalue weighted by Gasteiger charge is 2.18. The van der Waals surface area contributed by atoms with Crippen molar-refractivity contribution < 1.29 is 23.9 Å². The average molecular weight is 389 g/mol. The van der Waals surface area contributed by atoms with E-state index in [0.29, 0.717) is 17.3 Å². The van der Waals surface area contributed by atoms with E-state index in [1.807, 2.05) is 6.92 Å². The highest BCUT2D eigenvalue weighted by Crippen LogP contribution is 2.17. The molecule has 0 fully saturated rings. The Kier molecular flexibility index (Phi) is 7.67. The van der Waals surface area contributed by atoms with Gasteiger partial charge in [0.05, 0.1) is 5.56 Å². The number of hydrogen-bond acceptors (Lipinski definition) is 3. The van der Waals surface area contributed by atoms with Crippen molar-refractivity contribution in [1.82, 2.24) is 10.6 Å². The van der Waals surface area contributed by atoms with E-state index < -0.39 is 29.6 Å². The summed E-state index contributed by atoms with van der Waals surface area (Å²) in [4.78, 5) is 34.5. The Bertz CT molecular complexity index is 595. The van der Waals surface area contributed by atoms with E-state index in [1.165, 1.54) is 12.1 Å². The standard InChI is InChI=1S/C15H18BrFN2O4/c1-2-3-12(15(22)23)19-13(20)6-7-18-14(21)10-8-9(17)4-5-11(10)16/h4-5,8,12H,2-3,6-7H2,1H3,(H,18,21)(H,19,20)(H,22,23). The molecule has 0 bridgehead atoms. The number of nitrogens with one attached hydrogen (secondary N) is 2. The number of benzene rings is 1. The Hall–Kier alpha value is -1.96. The summed E-state index contributed by atoms with van der Waals surface area (Å²) in [5, 5.41) is 13.8. The van der Waals surface area contributed by atoms with Gasteiger partial charge in [0.25, 0.3) is 5.91 Å². The van der Waals surface area contributed by atoms with Crippen LogP contribution in [-0.2, 0) is 9.59 Å². The molecule has 3 N–H and O–H groups in total. The van der Waals surface area contributed by atoms with Gasteiger partial charge in [0, 0.05) is 17.4 Å². The third kappa shape index (κ3) is 6.35. The van der Waals surface area contributed by atoms with Gasteiger partial charge < -0.3 is 15.7 Å². The average Bonchev–Trinajstić information content (AvgIpc) is 2.49. The summed E-state index contributed by atoms with van der Waals surface area (Å²) < 4.78 is 13.6. The maximum atomic E-state index is 13.1. The van der Waals surface area contributed by atoms with Crippen LogP contribution in [0.3, 0.4) is 0 Å². The van der Waals surface area contributed by atoms with Crippen molar-refractivity contribution in [2.45, 2.75) is 32.2 Å². The second-order valence-corrected chi connectivity index (χ2v) is 5.73. The van der Waals surface area contributed by atoms with Crippen LogP contribution in [-0.4, -0.2) is 35.5 Å². The van der Waals surface area contributed by atoms with Gasteiger partial charge in [-0.2, -0.15) is 0 Å². The van der Waals surface area contributed by atoms with Crippen molar-refractivity contribution >= 4 is 33.7 Å². The molecule has 0 aliphatic carbocycles. The van der Waals surface area contributed by atoms with E-state index in [0.717, 1.165) is 6.07 Å². The van der Waals surface area contributed by atoms with Crippen LogP contribution in [0.5, 0.6) is 0 Å². The Morgan fingerprint density at radius 3 is 2.65 bits per heavy atom. The molecule has 0 heterocycles. The first-order valence-corrected chi connectivity index (χ1v) is 7.89. The lowest BCUT2D eigenvalue weighted by atomic mass is 10.1. The molecule has 0 aliphatic heterocycles. The van der Waals surface area contributed by atoms with Crippen molar-refractivity contribution in [2.24, 2.45) is 0 Å². The molecule has 0 aliphatic rings. The van der Waals surface area contributed by atoms with E-state index >= 15 is 0 Å². The molecule has 0 saturated carbocycles. The predicted molar refractivity (Wildman–Crippen MR) is 85.5 cm³/mol. The molecule has 1 rings (SSSR count). The number of carbonyl (C=O) groups excluding carboxylic acids is 2. The lowest BCUT2D eigenvalue weighted by Gasteiger charge is -2.13. The fourth-order valence-electron chi connectivity index (χ4n) is 1.87. The first kappa shape index (κ1) is 19.1. The lowest BCUT2D eigenvalue weighted by Crippen LogP contribution is -2.41. The van der Waals surface area contributed by atoms with Crippen molar-refractivity contribution in [3.05, 3.63) is 34.1 Å². The summed E-state index contributed by atoms with van der Waals surface area (Å²) in [5.74, 6) is -2.62. The fourth-order valence-corrected chi connectivity index (χ4v) is 2.30. The Balaban J connectivity index is 2.46.